The fourth-order valence-corrected chi connectivity index (χ4v) is 6.53. The second kappa shape index (κ2) is 12.5. The molecule has 0 aliphatic carbocycles. The molecule has 4 aromatic rings. The highest BCUT2D eigenvalue weighted by molar-refractivity contribution is 5.84. The van der Waals surface area contributed by atoms with Gasteiger partial charge >= 0.3 is 0 Å². The number of aliphatic hydroxyl groups excluding tert-OH is 1. The largest absolute Gasteiger partial charge is 0.365 e. The van der Waals surface area contributed by atoms with Gasteiger partial charge in [0.25, 0.3) is 0 Å². The molecule has 2 fully saturated rings. The molecule has 0 radical (unpaired) electrons. The van der Waals surface area contributed by atoms with E-state index in [1.54, 1.807) is 0 Å². The maximum Gasteiger partial charge on any atom is 0.240 e. The molecule has 6 rings (SSSR count). The van der Waals surface area contributed by atoms with Crippen molar-refractivity contribution in [2.24, 2.45) is 5.73 Å². The fourth-order valence-electron chi connectivity index (χ4n) is 6.53. The molecule has 0 spiro atoms. The van der Waals surface area contributed by atoms with Crippen molar-refractivity contribution in [1.82, 2.24) is 14.7 Å². The number of unbranched alkanes of at least 4 members (excludes halogenated alkanes) is 1. The number of nitrogens with zero attached hydrogens (tertiary/aromatic N) is 3. The van der Waals surface area contributed by atoms with Gasteiger partial charge in [-0.05, 0) is 64.9 Å². The number of nitrogens with two attached hydrogens (primary N) is 1. The molecule has 3 unspecified atom stereocenters. The Labute approximate surface area is 243 Å². The lowest BCUT2D eigenvalue weighted by atomic mass is 10.0. The van der Waals surface area contributed by atoms with Crippen molar-refractivity contribution >= 4 is 16.7 Å². The first-order valence-corrected chi connectivity index (χ1v) is 14.9. The van der Waals surface area contributed by atoms with Crippen LogP contribution < -0.4 is 5.73 Å². The Morgan fingerprint density at radius 3 is 2.27 bits per heavy atom. The van der Waals surface area contributed by atoms with Gasteiger partial charge in [0.15, 0.2) is 6.35 Å². The molecule has 1 amide bonds. The molecule has 3 atom stereocenters. The molecule has 6 heteroatoms. The lowest BCUT2D eigenvalue weighted by Crippen LogP contribution is -2.51. The van der Waals surface area contributed by atoms with Gasteiger partial charge in [0, 0.05) is 32.2 Å². The van der Waals surface area contributed by atoms with Gasteiger partial charge in [-0.15, -0.1) is 0 Å². The monoisotopic (exact) mass is 548 g/mol. The maximum atomic E-state index is 14.1. The number of rotatable bonds is 9. The number of amides is 1. The lowest BCUT2D eigenvalue weighted by Gasteiger charge is -2.34. The normalized spacial score (nSPS) is 21.8. The maximum absolute atomic E-state index is 14.1. The molecule has 212 valence electrons. The molecule has 2 heterocycles. The van der Waals surface area contributed by atoms with E-state index in [1.807, 2.05) is 17.0 Å². The van der Waals surface area contributed by atoms with Gasteiger partial charge in [-0.2, -0.15) is 0 Å². The van der Waals surface area contributed by atoms with E-state index in [-0.39, 0.29) is 18.0 Å². The van der Waals surface area contributed by atoms with Gasteiger partial charge in [0.05, 0.1) is 6.04 Å². The third-order valence-electron chi connectivity index (χ3n) is 8.71. The summed E-state index contributed by atoms with van der Waals surface area (Å²) in [5, 5.41) is 14.0. The fraction of sp³-hybridized carbons (Fsp3) is 0.343. The summed E-state index contributed by atoms with van der Waals surface area (Å²) in [5.74, 6) is 0.116. The third-order valence-corrected chi connectivity index (χ3v) is 8.71. The molecular weight excluding hydrogens is 508 g/mol. The van der Waals surface area contributed by atoms with E-state index in [0.29, 0.717) is 32.6 Å². The Morgan fingerprint density at radius 2 is 1.49 bits per heavy atom. The number of hydrogen-bond donors (Lipinski definition) is 2. The summed E-state index contributed by atoms with van der Waals surface area (Å²) in [6, 6.07) is 33.5. The van der Waals surface area contributed by atoms with Crippen LogP contribution in [0.1, 0.15) is 36.8 Å². The van der Waals surface area contributed by atoms with Gasteiger partial charge in [-0.1, -0.05) is 97.4 Å². The Kier molecular flexibility index (Phi) is 8.44. The second-order valence-electron chi connectivity index (χ2n) is 11.5. The summed E-state index contributed by atoms with van der Waals surface area (Å²) >= 11 is 0. The van der Waals surface area contributed by atoms with Crippen LogP contribution in [-0.4, -0.2) is 63.8 Å². The molecule has 41 heavy (non-hydrogen) atoms. The van der Waals surface area contributed by atoms with Crippen molar-refractivity contribution < 1.29 is 9.90 Å². The second-order valence-corrected chi connectivity index (χ2v) is 11.5. The molecule has 4 aromatic carbocycles. The van der Waals surface area contributed by atoms with Crippen LogP contribution in [0.3, 0.4) is 0 Å². The molecule has 0 bridgehead atoms. The summed E-state index contributed by atoms with van der Waals surface area (Å²) in [4.78, 5) is 20.3. The predicted octanol–water partition coefficient (Wildman–Crippen LogP) is 5.20. The molecule has 0 saturated carbocycles. The molecule has 6 nitrogen and oxygen atoms in total. The van der Waals surface area contributed by atoms with Crippen molar-refractivity contribution in [2.45, 2.75) is 57.2 Å². The highest BCUT2D eigenvalue weighted by Crippen LogP contribution is 2.32. The van der Waals surface area contributed by atoms with E-state index in [2.05, 4.69) is 94.7 Å². The zero-order chi connectivity index (χ0) is 28.2. The van der Waals surface area contributed by atoms with Gasteiger partial charge in [0.1, 0.15) is 0 Å². The Balaban J connectivity index is 1.18. The van der Waals surface area contributed by atoms with E-state index in [1.165, 1.54) is 21.9 Å². The van der Waals surface area contributed by atoms with Gasteiger partial charge in [-0.3, -0.25) is 9.69 Å². The number of aliphatic hydroxyl groups is 1. The number of carbonyl (C=O) groups is 1. The van der Waals surface area contributed by atoms with Gasteiger partial charge in [-0.25, -0.2) is 4.90 Å². The first kappa shape index (κ1) is 27.6. The van der Waals surface area contributed by atoms with Crippen LogP contribution in [0.15, 0.2) is 97.1 Å². The molecule has 2 saturated heterocycles. The van der Waals surface area contributed by atoms with Crippen molar-refractivity contribution in [3.63, 3.8) is 0 Å². The van der Waals surface area contributed by atoms with Crippen LogP contribution in [0.5, 0.6) is 0 Å². The lowest BCUT2D eigenvalue weighted by molar-refractivity contribution is -0.145. The van der Waals surface area contributed by atoms with E-state index < -0.39 is 6.35 Å². The van der Waals surface area contributed by atoms with Crippen LogP contribution in [0, 0.1) is 0 Å². The van der Waals surface area contributed by atoms with Crippen molar-refractivity contribution in [3.05, 3.63) is 108 Å². The van der Waals surface area contributed by atoms with Crippen molar-refractivity contribution in [1.29, 1.82) is 0 Å². The van der Waals surface area contributed by atoms with Crippen LogP contribution in [-0.2, 0) is 17.9 Å². The minimum Gasteiger partial charge on any atom is -0.365 e. The number of fused-ring (bicyclic) bond motifs is 2. The van der Waals surface area contributed by atoms with Crippen LogP contribution in [0.25, 0.3) is 21.9 Å². The first-order chi connectivity index (χ1) is 20.1. The molecule has 0 aromatic heterocycles. The molecule has 2 aliphatic heterocycles. The van der Waals surface area contributed by atoms with Crippen LogP contribution >= 0.6 is 0 Å². The zero-order valence-electron chi connectivity index (χ0n) is 23.6. The smallest absolute Gasteiger partial charge is 0.240 e. The minimum atomic E-state index is -0.791. The van der Waals surface area contributed by atoms with Gasteiger partial charge in [0.2, 0.25) is 5.91 Å². The minimum absolute atomic E-state index is 0.116. The van der Waals surface area contributed by atoms with E-state index in [9.17, 15) is 9.90 Å². The predicted molar refractivity (Wildman–Crippen MR) is 165 cm³/mol. The quantitative estimate of drug-likeness (QED) is 0.281. The summed E-state index contributed by atoms with van der Waals surface area (Å²) < 4.78 is 0. The highest BCUT2D eigenvalue weighted by Gasteiger charge is 2.47. The summed E-state index contributed by atoms with van der Waals surface area (Å²) in [5.41, 5.74) is 10.5. The Bertz CT molecular complexity index is 1460. The SMILES string of the molecule is NCCCCC1C(=O)N(Cc2ccc3ccccc3c2)CCC2CN(Cc3ccc(-c4ccccc4)cc3)C(O)N21. The van der Waals surface area contributed by atoms with E-state index in [4.69, 9.17) is 5.73 Å². The number of benzene rings is 4. The average Bonchev–Trinajstić information content (AvgIpc) is 3.25. The van der Waals surface area contributed by atoms with Crippen LogP contribution in [0.2, 0.25) is 0 Å². The zero-order valence-corrected chi connectivity index (χ0v) is 23.6. The summed E-state index contributed by atoms with van der Waals surface area (Å²) in [6.45, 7) is 3.27. The van der Waals surface area contributed by atoms with E-state index in [0.717, 1.165) is 36.9 Å². The Morgan fingerprint density at radius 1 is 0.780 bits per heavy atom. The molecule has 3 N–H and O–H groups in total. The third kappa shape index (κ3) is 6.07. The Hall–Kier alpha value is -3.55. The highest BCUT2D eigenvalue weighted by atomic mass is 16.3. The van der Waals surface area contributed by atoms with Crippen molar-refractivity contribution in [3.8, 4) is 11.1 Å². The van der Waals surface area contributed by atoms with Crippen LogP contribution in [0.4, 0.5) is 0 Å². The molecular formula is C35H40N4O2. The summed E-state index contributed by atoms with van der Waals surface area (Å²) in [7, 11) is 0. The standard InChI is InChI=1S/C35H40N4O2/c36-20-7-6-12-33-34(40)37(24-27-15-18-29-10-4-5-11-31(29)22-27)21-19-32-25-38(35(41)39(32)33)23-26-13-16-30(17-14-26)28-8-2-1-3-9-28/h1-5,8-11,13-18,22,32-33,35,41H,6-7,12,19-21,23-25,36H2. The van der Waals surface area contributed by atoms with Gasteiger partial charge < -0.3 is 15.7 Å². The molecule has 2 aliphatic rings. The first-order valence-electron chi connectivity index (χ1n) is 14.9. The van der Waals surface area contributed by atoms with Crippen molar-refractivity contribution in [2.75, 3.05) is 19.6 Å². The van der Waals surface area contributed by atoms with E-state index >= 15 is 0 Å². The average molecular weight is 549 g/mol. The number of carbonyl (C=O) groups excluding carboxylic acids is 1. The topological polar surface area (TPSA) is 73.0 Å². The summed E-state index contributed by atoms with van der Waals surface area (Å²) in [6.07, 6.45) is 2.50. The number of hydrogen-bond acceptors (Lipinski definition) is 5.